The Labute approximate surface area is 159 Å². The van der Waals surface area contributed by atoms with E-state index >= 15 is 0 Å². The fourth-order valence-electron chi connectivity index (χ4n) is 3.79. The summed E-state index contributed by atoms with van der Waals surface area (Å²) in [5.41, 5.74) is 0. The molecule has 0 N–H and O–H groups in total. The van der Waals surface area contributed by atoms with E-state index in [2.05, 4.69) is 0 Å². The molecule has 1 unspecified atom stereocenters. The molecule has 0 saturated carbocycles. The lowest BCUT2D eigenvalue weighted by Crippen LogP contribution is -2.49. The largest absolute Gasteiger partial charge is 0.459 e. The minimum Gasteiger partial charge on any atom is -0.459 e. The van der Waals surface area contributed by atoms with E-state index in [1.54, 1.807) is 40.9 Å². The molecule has 3 rings (SSSR count). The zero-order chi connectivity index (χ0) is 19.4. The van der Waals surface area contributed by atoms with Gasteiger partial charge in [-0.2, -0.15) is 0 Å². The quantitative estimate of drug-likeness (QED) is 0.781. The number of carbonyl (C=O) groups excluding carboxylic acids is 3. The number of carbonyl (C=O) groups is 3. The van der Waals surface area contributed by atoms with E-state index in [1.165, 1.54) is 6.26 Å². The highest BCUT2D eigenvalue weighted by atomic mass is 16.3. The number of likely N-dealkylation sites (tertiary alicyclic amines) is 1. The molecular formula is C19H28N4O4. The summed E-state index contributed by atoms with van der Waals surface area (Å²) in [6, 6.07) is 3.32. The topological polar surface area (TPSA) is 77.3 Å². The molecule has 27 heavy (non-hydrogen) atoms. The lowest BCUT2D eigenvalue weighted by Gasteiger charge is -2.35. The number of hydrogen-bond acceptors (Lipinski definition) is 4. The summed E-state index contributed by atoms with van der Waals surface area (Å²) in [5, 5.41) is 0. The van der Waals surface area contributed by atoms with E-state index < -0.39 is 0 Å². The molecule has 1 atom stereocenters. The van der Waals surface area contributed by atoms with Gasteiger partial charge in [0.25, 0.3) is 5.91 Å². The van der Waals surface area contributed by atoms with Crippen molar-refractivity contribution in [3.8, 4) is 0 Å². The predicted octanol–water partition coefficient (Wildman–Crippen LogP) is 1.35. The van der Waals surface area contributed by atoms with Crippen LogP contribution in [0.15, 0.2) is 22.8 Å². The van der Waals surface area contributed by atoms with Crippen molar-refractivity contribution in [2.24, 2.45) is 5.92 Å². The third-order valence-electron chi connectivity index (χ3n) is 5.25. The van der Waals surface area contributed by atoms with Gasteiger partial charge in [-0.1, -0.05) is 0 Å². The Morgan fingerprint density at radius 1 is 1.00 bits per heavy atom. The first-order valence-corrected chi connectivity index (χ1v) is 9.55. The fraction of sp³-hybridized carbons (Fsp3) is 0.632. The van der Waals surface area contributed by atoms with Crippen LogP contribution in [0, 0.1) is 5.92 Å². The Bertz CT molecular complexity index is 673. The first-order valence-electron chi connectivity index (χ1n) is 9.55. The Hall–Kier alpha value is -2.51. The smallest absolute Gasteiger partial charge is 0.319 e. The summed E-state index contributed by atoms with van der Waals surface area (Å²) in [6.45, 7) is 3.44. The first kappa shape index (κ1) is 19.3. The number of urea groups is 1. The van der Waals surface area contributed by atoms with E-state index in [0.717, 1.165) is 19.3 Å². The van der Waals surface area contributed by atoms with Gasteiger partial charge in [0.15, 0.2) is 5.76 Å². The summed E-state index contributed by atoms with van der Waals surface area (Å²) < 4.78 is 5.20. The second-order valence-electron chi connectivity index (χ2n) is 7.41. The highest BCUT2D eigenvalue weighted by Gasteiger charge is 2.33. The van der Waals surface area contributed by atoms with Crippen LogP contribution in [0.1, 0.15) is 29.8 Å². The molecule has 2 aliphatic rings. The van der Waals surface area contributed by atoms with E-state index in [4.69, 9.17) is 4.42 Å². The molecule has 8 nitrogen and oxygen atoms in total. The van der Waals surface area contributed by atoms with Crippen LogP contribution in [0.25, 0.3) is 0 Å². The number of rotatable bonds is 2. The number of piperidine rings is 1. The number of nitrogens with zero attached hydrogens (tertiary/aromatic N) is 4. The van der Waals surface area contributed by atoms with Gasteiger partial charge in [-0.25, -0.2) is 4.79 Å². The van der Waals surface area contributed by atoms with Crippen LogP contribution in [0.5, 0.6) is 0 Å². The van der Waals surface area contributed by atoms with E-state index in [9.17, 15) is 14.4 Å². The third kappa shape index (κ3) is 4.43. The van der Waals surface area contributed by atoms with Crippen molar-refractivity contribution >= 4 is 17.8 Å². The van der Waals surface area contributed by atoms with Crippen molar-refractivity contribution in [3.63, 3.8) is 0 Å². The molecular weight excluding hydrogens is 348 g/mol. The predicted molar refractivity (Wildman–Crippen MR) is 99.2 cm³/mol. The molecule has 3 heterocycles. The van der Waals surface area contributed by atoms with Gasteiger partial charge in [0.2, 0.25) is 5.91 Å². The summed E-state index contributed by atoms with van der Waals surface area (Å²) in [4.78, 5) is 44.6. The van der Waals surface area contributed by atoms with Crippen molar-refractivity contribution in [3.05, 3.63) is 24.2 Å². The van der Waals surface area contributed by atoms with Gasteiger partial charge in [0.1, 0.15) is 0 Å². The number of hydrogen-bond donors (Lipinski definition) is 0. The molecule has 1 aromatic heterocycles. The van der Waals surface area contributed by atoms with Crippen LogP contribution in [0.2, 0.25) is 0 Å². The fourth-order valence-corrected chi connectivity index (χ4v) is 3.79. The van der Waals surface area contributed by atoms with E-state index in [1.807, 2.05) is 4.90 Å². The molecule has 148 valence electrons. The molecule has 2 saturated heterocycles. The van der Waals surface area contributed by atoms with Gasteiger partial charge < -0.3 is 24.0 Å². The van der Waals surface area contributed by atoms with Crippen LogP contribution >= 0.6 is 0 Å². The van der Waals surface area contributed by atoms with Crippen LogP contribution in [0.3, 0.4) is 0 Å². The van der Waals surface area contributed by atoms with Crippen molar-refractivity contribution < 1.29 is 18.8 Å². The summed E-state index contributed by atoms with van der Waals surface area (Å²) in [6.07, 6.45) is 3.88. The summed E-state index contributed by atoms with van der Waals surface area (Å²) in [7, 11) is 3.46. The van der Waals surface area contributed by atoms with Gasteiger partial charge in [-0.05, 0) is 31.4 Å². The van der Waals surface area contributed by atoms with Gasteiger partial charge in [0.05, 0.1) is 12.2 Å². The second kappa shape index (κ2) is 8.45. The summed E-state index contributed by atoms with van der Waals surface area (Å²) in [5.74, 6) is 0.142. The Morgan fingerprint density at radius 2 is 1.70 bits per heavy atom. The third-order valence-corrected chi connectivity index (χ3v) is 5.25. The number of furan rings is 1. The van der Waals surface area contributed by atoms with Gasteiger partial charge in [-0.15, -0.1) is 0 Å². The second-order valence-corrected chi connectivity index (χ2v) is 7.41. The maximum absolute atomic E-state index is 13.0. The highest BCUT2D eigenvalue weighted by Crippen LogP contribution is 2.21. The molecule has 4 amide bonds. The Kier molecular flexibility index (Phi) is 6.03. The zero-order valence-electron chi connectivity index (χ0n) is 16.1. The normalized spacial score (nSPS) is 21.0. The van der Waals surface area contributed by atoms with Gasteiger partial charge in [-0.3, -0.25) is 9.59 Å². The maximum atomic E-state index is 13.0. The summed E-state index contributed by atoms with van der Waals surface area (Å²) >= 11 is 0. The number of amides is 4. The maximum Gasteiger partial charge on any atom is 0.319 e. The van der Waals surface area contributed by atoms with E-state index in [0.29, 0.717) is 45.0 Å². The monoisotopic (exact) mass is 376 g/mol. The van der Waals surface area contributed by atoms with Crippen LogP contribution in [0.4, 0.5) is 4.79 Å². The molecule has 8 heteroatoms. The van der Waals surface area contributed by atoms with Crippen LogP contribution in [-0.2, 0) is 4.79 Å². The lowest BCUT2D eigenvalue weighted by atomic mass is 9.96. The van der Waals surface area contributed by atoms with Gasteiger partial charge in [0, 0.05) is 53.4 Å². The highest BCUT2D eigenvalue weighted by molar-refractivity contribution is 5.91. The molecule has 0 spiro atoms. The van der Waals surface area contributed by atoms with Crippen molar-refractivity contribution in [1.82, 2.24) is 19.6 Å². The van der Waals surface area contributed by atoms with E-state index in [-0.39, 0.29) is 23.8 Å². The van der Waals surface area contributed by atoms with Crippen molar-refractivity contribution in [1.29, 1.82) is 0 Å². The average molecular weight is 376 g/mol. The average Bonchev–Trinajstić information content (AvgIpc) is 3.11. The molecule has 0 aliphatic carbocycles. The minimum atomic E-state index is -0.157. The molecule has 0 bridgehead atoms. The zero-order valence-corrected chi connectivity index (χ0v) is 16.1. The minimum absolute atomic E-state index is 0.0430. The van der Waals surface area contributed by atoms with Crippen LogP contribution in [-0.4, -0.2) is 90.8 Å². The van der Waals surface area contributed by atoms with Crippen LogP contribution < -0.4 is 0 Å². The molecule has 2 fully saturated rings. The molecule has 1 aromatic rings. The van der Waals surface area contributed by atoms with Crippen molar-refractivity contribution in [2.45, 2.75) is 19.3 Å². The first-order chi connectivity index (χ1) is 13.0. The molecule has 0 radical (unpaired) electrons. The SMILES string of the molecule is CN(C)C(=O)N1CCCC(C(=O)N2CCCN(C(=O)c3ccco3)CC2)C1. The standard InChI is InChI=1S/C19H28N4O4/c1-20(2)19(26)23-8-3-6-15(14-23)17(24)21-9-5-10-22(12-11-21)18(25)16-7-4-13-27-16/h4,7,13,15H,3,5-6,8-12,14H2,1-2H3. The Morgan fingerprint density at radius 3 is 2.41 bits per heavy atom. The Balaban J connectivity index is 1.57. The molecule has 2 aliphatic heterocycles. The lowest BCUT2D eigenvalue weighted by molar-refractivity contribution is -0.136. The van der Waals surface area contributed by atoms with Crippen molar-refractivity contribution in [2.75, 3.05) is 53.4 Å². The molecule has 0 aromatic carbocycles. The van der Waals surface area contributed by atoms with Gasteiger partial charge >= 0.3 is 6.03 Å².